The Morgan fingerprint density at radius 3 is 2.19 bits per heavy atom. The molecule has 1 aliphatic carbocycles. The van der Waals surface area contributed by atoms with E-state index >= 15 is 0 Å². The highest BCUT2D eigenvalue weighted by Crippen LogP contribution is 2.38. The number of aliphatic carboxylic acids is 1. The van der Waals surface area contributed by atoms with Crippen LogP contribution in [0.5, 0.6) is 5.75 Å². The summed E-state index contributed by atoms with van der Waals surface area (Å²) in [4.78, 5) is 55.6. The molecule has 2 fully saturated rings. The van der Waals surface area contributed by atoms with Gasteiger partial charge < -0.3 is 29.9 Å². The fourth-order valence-electron chi connectivity index (χ4n) is 6.38. The molecule has 0 unspecified atom stereocenters. The van der Waals surface area contributed by atoms with E-state index in [0.29, 0.717) is 17.3 Å². The van der Waals surface area contributed by atoms with Crippen LogP contribution in [0.15, 0.2) is 42.5 Å². The molecular formula is C35H43Cl2N5O6. The van der Waals surface area contributed by atoms with Crippen LogP contribution in [0.1, 0.15) is 43.2 Å². The SMILES string of the molecule is C=C1CCc2ccc(OCCCCN3CCN(c4ccc(NC(=O)CC(=O)N5CCN(C(=O)CC(=O)O)CC5)c(Cl)c4Cl)CC3)cc2C1. The third-order valence-electron chi connectivity index (χ3n) is 9.15. The van der Waals surface area contributed by atoms with Crippen molar-refractivity contribution < 1.29 is 29.0 Å². The number of ether oxygens (including phenoxy) is 1. The van der Waals surface area contributed by atoms with Gasteiger partial charge in [0.1, 0.15) is 18.6 Å². The largest absolute Gasteiger partial charge is 0.494 e. The van der Waals surface area contributed by atoms with Crippen LogP contribution in [0.4, 0.5) is 11.4 Å². The van der Waals surface area contributed by atoms with E-state index in [9.17, 15) is 19.2 Å². The van der Waals surface area contributed by atoms with Crippen molar-refractivity contribution in [1.29, 1.82) is 0 Å². The maximum atomic E-state index is 12.7. The van der Waals surface area contributed by atoms with Crippen LogP contribution in [-0.4, -0.2) is 109 Å². The van der Waals surface area contributed by atoms with Gasteiger partial charge in [-0.3, -0.25) is 24.1 Å². The van der Waals surface area contributed by atoms with Gasteiger partial charge in [0.2, 0.25) is 17.7 Å². The van der Waals surface area contributed by atoms with Gasteiger partial charge in [0.05, 0.1) is 28.0 Å². The first-order valence-corrected chi connectivity index (χ1v) is 17.3. The van der Waals surface area contributed by atoms with Crippen molar-refractivity contribution in [2.75, 3.05) is 75.7 Å². The maximum Gasteiger partial charge on any atom is 0.312 e. The summed E-state index contributed by atoms with van der Waals surface area (Å²) in [6.07, 6.45) is 4.15. The number of unbranched alkanes of at least 4 members (excludes halogenated alkanes) is 1. The van der Waals surface area contributed by atoms with Crippen molar-refractivity contribution in [3.05, 3.63) is 63.7 Å². The van der Waals surface area contributed by atoms with Gasteiger partial charge in [-0.2, -0.15) is 0 Å². The Kier molecular flexibility index (Phi) is 12.2. The maximum absolute atomic E-state index is 12.7. The number of carboxylic acids is 1. The van der Waals surface area contributed by atoms with Crippen LogP contribution >= 0.6 is 23.2 Å². The number of carbonyl (C=O) groups is 4. The minimum absolute atomic E-state index is 0.215. The van der Waals surface area contributed by atoms with E-state index in [4.69, 9.17) is 33.0 Å². The summed E-state index contributed by atoms with van der Waals surface area (Å²) in [7, 11) is 0. The summed E-state index contributed by atoms with van der Waals surface area (Å²) in [5.74, 6) is -1.66. The molecule has 2 aromatic carbocycles. The number of allylic oxidation sites excluding steroid dienone is 1. The molecule has 0 spiro atoms. The normalized spacial score (nSPS) is 16.8. The Balaban J connectivity index is 1.01. The zero-order chi connectivity index (χ0) is 34.2. The molecule has 0 radical (unpaired) electrons. The van der Waals surface area contributed by atoms with Crippen molar-refractivity contribution in [3.63, 3.8) is 0 Å². The molecule has 3 aliphatic rings. The minimum atomic E-state index is -1.19. The molecule has 13 heteroatoms. The van der Waals surface area contributed by atoms with Crippen LogP contribution < -0.4 is 15.0 Å². The first kappa shape index (κ1) is 35.5. The molecule has 2 heterocycles. The Labute approximate surface area is 291 Å². The Hall–Kier alpha value is -3.80. The molecule has 0 atom stereocenters. The summed E-state index contributed by atoms with van der Waals surface area (Å²) in [5, 5.41) is 12.1. The fourth-order valence-corrected chi connectivity index (χ4v) is 6.87. The fraction of sp³-hybridized carbons (Fsp3) is 0.486. The molecule has 2 aliphatic heterocycles. The summed E-state index contributed by atoms with van der Waals surface area (Å²) in [6, 6.07) is 9.97. The summed E-state index contributed by atoms with van der Waals surface area (Å²) in [5.41, 5.74) is 5.17. The molecule has 48 heavy (non-hydrogen) atoms. The van der Waals surface area contributed by atoms with E-state index < -0.39 is 30.6 Å². The quantitative estimate of drug-likeness (QED) is 0.189. The van der Waals surface area contributed by atoms with Crippen molar-refractivity contribution in [2.45, 2.75) is 44.9 Å². The van der Waals surface area contributed by atoms with Gasteiger partial charge in [-0.1, -0.05) is 41.4 Å². The number of carbonyl (C=O) groups excluding carboxylic acids is 3. The Bertz CT molecular complexity index is 1540. The van der Waals surface area contributed by atoms with Gasteiger partial charge >= 0.3 is 5.97 Å². The van der Waals surface area contributed by atoms with E-state index in [2.05, 4.69) is 39.9 Å². The van der Waals surface area contributed by atoms with Gasteiger partial charge in [0.25, 0.3) is 0 Å². The third kappa shape index (κ3) is 9.42. The number of piperazine rings is 2. The molecule has 258 valence electrons. The van der Waals surface area contributed by atoms with Crippen molar-refractivity contribution in [3.8, 4) is 5.75 Å². The van der Waals surface area contributed by atoms with E-state index in [1.165, 1.54) is 26.5 Å². The minimum Gasteiger partial charge on any atom is -0.494 e. The van der Waals surface area contributed by atoms with Crippen LogP contribution in [0.3, 0.4) is 0 Å². The Morgan fingerprint density at radius 1 is 0.812 bits per heavy atom. The molecule has 2 saturated heterocycles. The van der Waals surface area contributed by atoms with Crippen molar-refractivity contribution >= 4 is 58.3 Å². The molecule has 2 aromatic rings. The number of rotatable bonds is 12. The van der Waals surface area contributed by atoms with Gasteiger partial charge in [-0.25, -0.2) is 0 Å². The molecule has 0 saturated carbocycles. The number of nitrogens with zero attached hydrogens (tertiary/aromatic N) is 4. The number of hydrogen-bond acceptors (Lipinski definition) is 7. The zero-order valence-corrected chi connectivity index (χ0v) is 28.7. The van der Waals surface area contributed by atoms with Crippen LogP contribution in [-0.2, 0) is 32.0 Å². The second-order valence-electron chi connectivity index (χ2n) is 12.6. The topological polar surface area (TPSA) is 123 Å². The second kappa shape index (κ2) is 16.5. The number of hydrogen-bond donors (Lipinski definition) is 2. The van der Waals surface area contributed by atoms with Gasteiger partial charge in [-0.15, -0.1) is 0 Å². The lowest BCUT2D eigenvalue weighted by Gasteiger charge is -2.36. The zero-order valence-electron chi connectivity index (χ0n) is 27.1. The van der Waals surface area contributed by atoms with E-state index in [1.807, 2.05) is 6.07 Å². The molecular weight excluding hydrogens is 657 g/mol. The molecule has 5 rings (SSSR count). The second-order valence-corrected chi connectivity index (χ2v) is 13.3. The predicted octanol–water partition coefficient (Wildman–Crippen LogP) is 4.49. The predicted molar refractivity (Wildman–Crippen MR) is 186 cm³/mol. The number of amides is 3. The summed E-state index contributed by atoms with van der Waals surface area (Å²) in [6.45, 7) is 10.1. The number of fused-ring (bicyclic) bond motifs is 1. The van der Waals surface area contributed by atoms with Gasteiger partial charge in [-0.05, 0) is 74.0 Å². The monoisotopic (exact) mass is 699 g/mol. The molecule has 3 amide bonds. The lowest BCUT2D eigenvalue weighted by Crippen LogP contribution is -2.51. The first-order chi connectivity index (χ1) is 23.1. The standard InChI is InChI=1S/C35H43Cl2N5O6/c1-24-4-5-25-6-7-27(21-26(25)20-24)48-19-3-2-10-39-11-13-40(14-12-39)29-9-8-28(34(36)35(29)37)38-30(43)22-31(44)41-15-17-42(18-16-41)32(45)23-33(46)47/h6-9,21H,1-5,10-20,22-23H2,(H,38,43)(H,46,47). The van der Waals surface area contributed by atoms with E-state index in [0.717, 1.165) is 76.3 Å². The molecule has 2 N–H and O–H groups in total. The van der Waals surface area contributed by atoms with E-state index in [-0.39, 0.29) is 37.1 Å². The summed E-state index contributed by atoms with van der Waals surface area (Å²) >= 11 is 13.2. The highest BCUT2D eigenvalue weighted by Gasteiger charge is 2.27. The van der Waals surface area contributed by atoms with Gasteiger partial charge in [0, 0.05) is 52.4 Å². The Morgan fingerprint density at radius 2 is 1.50 bits per heavy atom. The van der Waals surface area contributed by atoms with E-state index in [1.54, 1.807) is 6.07 Å². The van der Waals surface area contributed by atoms with Crippen molar-refractivity contribution in [2.24, 2.45) is 0 Å². The number of nitrogens with one attached hydrogen (secondary N) is 1. The average Bonchev–Trinajstić information content (AvgIpc) is 3.06. The van der Waals surface area contributed by atoms with Crippen molar-refractivity contribution in [1.82, 2.24) is 14.7 Å². The molecule has 0 aromatic heterocycles. The number of aryl methyl sites for hydroxylation is 1. The number of halogens is 2. The average molecular weight is 701 g/mol. The molecule has 11 nitrogen and oxygen atoms in total. The first-order valence-electron chi connectivity index (χ1n) is 16.5. The molecule has 0 bridgehead atoms. The lowest BCUT2D eigenvalue weighted by molar-refractivity contribution is -0.147. The number of carboxylic acid groups (broad SMARTS) is 1. The number of benzene rings is 2. The highest BCUT2D eigenvalue weighted by atomic mass is 35.5. The van der Waals surface area contributed by atoms with Crippen LogP contribution in [0, 0.1) is 0 Å². The third-order valence-corrected chi connectivity index (χ3v) is 10.0. The highest BCUT2D eigenvalue weighted by molar-refractivity contribution is 6.45. The van der Waals surface area contributed by atoms with Gasteiger partial charge in [0.15, 0.2) is 0 Å². The number of anilines is 2. The lowest BCUT2D eigenvalue weighted by atomic mass is 9.89. The van der Waals surface area contributed by atoms with Crippen LogP contribution in [0.25, 0.3) is 0 Å². The smallest absolute Gasteiger partial charge is 0.312 e. The summed E-state index contributed by atoms with van der Waals surface area (Å²) < 4.78 is 6.04. The van der Waals surface area contributed by atoms with Crippen LogP contribution in [0.2, 0.25) is 10.0 Å².